The highest BCUT2D eigenvalue weighted by molar-refractivity contribution is 7.12. The van der Waals surface area contributed by atoms with Gasteiger partial charge in [-0.3, -0.25) is 14.4 Å². The van der Waals surface area contributed by atoms with Crippen LogP contribution in [0, 0.1) is 6.92 Å². The first-order valence-electron chi connectivity index (χ1n) is 9.11. The molecule has 3 N–H and O–H groups in total. The van der Waals surface area contributed by atoms with Gasteiger partial charge in [-0.15, -0.1) is 11.3 Å². The molecule has 0 aliphatic heterocycles. The van der Waals surface area contributed by atoms with Gasteiger partial charge in [-0.2, -0.15) is 0 Å². The fourth-order valence-electron chi connectivity index (χ4n) is 2.71. The van der Waals surface area contributed by atoms with Crippen molar-refractivity contribution in [3.05, 3.63) is 82.0 Å². The second kappa shape index (κ2) is 9.66. The molecule has 3 rings (SSSR count). The topological polar surface area (TPSA) is 87.3 Å². The van der Waals surface area contributed by atoms with Gasteiger partial charge in [0.15, 0.2) is 0 Å². The van der Waals surface area contributed by atoms with Crippen molar-refractivity contribution >= 4 is 40.4 Å². The van der Waals surface area contributed by atoms with Gasteiger partial charge < -0.3 is 16.0 Å². The van der Waals surface area contributed by atoms with Crippen LogP contribution in [0.5, 0.6) is 0 Å². The number of thiophene rings is 1. The number of anilines is 2. The number of nitrogens with one attached hydrogen (secondary N) is 3. The molecule has 0 bridgehead atoms. The Labute approximate surface area is 173 Å². The zero-order valence-corrected chi connectivity index (χ0v) is 16.7. The average molecular weight is 407 g/mol. The number of hydrogen-bond donors (Lipinski definition) is 3. The van der Waals surface area contributed by atoms with Crippen LogP contribution >= 0.6 is 11.3 Å². The Hall–Kier alpha value is -3.45. The number of amides is 3. The summed E-state index contributed by atoms with van der Waals surface area (Å²) in [5.41, 5.74) is 2.51. The number of carbonyl (C=O) groups excluding carboxylic acids is 3. The molecule has 0 spiro atoms. The fraction of sp³-hybridized carbons (Fsp3) is 0.136. The van der Waals surface area contributed by atoms with Gasteiger partial charge in [0.1, 0.15) is 0 Å². The van der Waals surface area contributed by atoms with Gasteiger partial charge in [0.2, 0.25) is 5.91 Å². The van der Waals surface area contributed by atoms with E-state index < -0.39 is 0 Å². The third-order valence-corrected chi connectivity index (χ3v) is 4.97. The Morgan fingerprint density at radius 2 is 1.72 bits per heavy atom. The van der Waals surface area contributed by atoms with Crippen LogP contribution < -0.4 is 16.0 Å². The number of para-hydroxylation sites is 1. The Kier molecular flexibility index (Phi) is 6.76. The van der Waals surface area contributed by atoms with Crippen LogP contribution in [0.15, 0.2) is 66.0 Å². The van der Waals surface area contributed by atoms with Gasteiger partial charge >= 0.3 is 0 Å². The first kappa shape index (κ1) is 20.3. The summed E-state index contributed by atoms with van der Waals surface area (Å²) in [5.74, 6) is -0.796. The smallest absolute Gasteiger partial charge is 0.261 e. The standard InChI is InChI=1S/C22H21N3O3S/c1-15-6-4-7-16(14-15)24-21(27)17-8-2-3-9-18(17)25-20(26)11-12-23-22(28)19-10-5-13-29-19/h2-10,13-14H,11-12H2,1H3,(H,23,28)(H,24,27)(H,25,26). The lowest BCUT2D eigenvalue weighted by Crippen LogP contribution is -2.27. The molecule has 1 heterocycles. The van der Waals surface area contributed by atoms with Crippen LogP contribution in [0.4, 0.5) is 11.4 Å². The van der Waals surface area contributed by atoms with Crippen molar-refractivity contribution in [3.8, 4) is 0 Å². The van der Waals surface area contributed by atoms with E-state index >= 15 is 0 Å². The lowest BCUT2D eigenvalue weighted by molar-refractivity contribution is -0.116. The Morgan fingerprint density at radius 1 is 0.897 bits per heavy atom. The Bertz CT molecular complexity index is 1020. The minimum absolute atomic E-state index is 0.102. The van der Waals surface area contributed by atoms with E-state index in [1.165, 1.54) is 11.3 Å². The van der Waals surface area contributed by atoms with Crippen LogP contribution in [0.2, 0.25) is 0 Å². The van der Waals surface area contributed by atoms with Crippen LogP contribution in [0.3, 0.4) is 0 Å². The first-order valence-corrected chi connectivity index (χ1v) is 9.99. The quantitative estimate of drug-likeness (QED) is 0.552. The highest BCUT2D eigenvalue weighted by Crippen LogP contribution is 2.18. The maximum absolute atomic E-state index is 12.6. The molecule has 0 aliphatic rings. The zero-order chi connectivity index (χ0) is 20.6. The van der Waals surface area contributed by atoms with Crippen LogP contribution in [-0.4, -0.2) is 24.3 Å². The Balaban J connectivity index is 1.57. The van der Waals surface area contributed by atoms with E-state index in [9.17, 15) is 14.4 Å². The molecule has 3 aromatic rings. The number of aryl methyl sites for hydroxylation is 1. The predicted molar refractivity (Wildman–Crippen MR) is 115 cm³/mol. The molecule has 0 fully saturated rings. The number of carbonyl (C=O) groups is 3. The van der Waals surface area contributed by atoms with Gasteiger partial charge in [-0.25, -0.2) is 0 Å². The highest BCUT2D eigenvalue weighted by atomic mass is 32.1. The molecule has 0 unspecified atom stereocenters. The summed E-state index contributed by atoms with van der Waals surface area (Å²) in [6.07, 6.45) is 0.102. The monoisotopic (exact) mass is 407 g/mol. The van der Waals surface area contributed by atoms with E-state index in [4.69, 9.17) is 0 Å². The van der Waals surface area contributed by atoms with E-state index in [0.717, 1.165) is 5.56 Å². The minimum Gasteiger partial charge on any atom is -0.351 e. The second-order valence-electron chi connectivity index (χ2n) is 6.40. The van der Waals surface area contributed by atoms with Crippen LogP contribution in [0.1, 0.15) is 32.0 Å². The Morgan fingerprint density at radius 3 is 2.48 bits per heavy atom. The molecule has 148 valence electrons. The van der Waals surface area contributed by atoms with Crippen molar-refractivity contribution in [1.29, 1.82) is 0 Å². The average Bonchev–Trinajstić information content (AvgIpc) is 3.23. The van der Waals surface area contributed by atoms with Gasteiger partial charge in [0, 0.05) is 18.7 Å². The van der Waals surface area contributed by atoms with E-state index in [2.05, 4.69) is 16.0 Å². The second-order valence-corrected chi connectivity index (χ2v) is 7.35. The molecule has 0 saturated carbocycles. The summed E-state index contributed by atoms with van der Waals surface area (Å²) in [6.45, 7) is 2.15. The maximum Gasteiger partial charge on any atom is 0.261 e. The summed E-state index contributed by atoms with van der Waals surface area (Å²) in [4.78, 5) is 37.4. The third-order valence-electron chi connectivity index (χ3n) is 4.10. The predicted octanol–water partition coefficient (Wildman–Crippen LogP) is 4.07. The van der Waals surface area contributed by atoms with Crippen molar-refractivity contribution < 1.29 is 14.4 Å². The minimum atomic E-state index is -0.308. The van der Waals surface area contributed by atoms with Crippen molar-refractivity contribution in [1.82, 2.24) is 5.32 Å². The van der Waals surface area contributed by atoms with Gasteiger partial charge in [0.25, 0.3) is 11.8 Å². The van der Waals surface area contributed by atoms with Gasteiger partial charge in [0.05, 0.1) is 16.1 Å². The number of hydrogen-bond acceptors (Lipinski definition) is 4. The van der Waals surface area contributed by atoms with E-state index in [1.807, 2.05) is 36.6 Å². The van der Waals surface area contributed by atoms with Crippen molar-refractivity contribution in [2.24, 2.45) is 0 Å². The third kappa shape index (κ3) is 5.76. The largest absolute Gasteiger partial charge is 0.351 e. The van der Waals surface area contributed by atoms with E-state index in [0.29, 0.717) is 21.8 Å². The lowest BCUT2D eigenvalue weighted by Gasteiger charge is -2.12. The van der Waals surface area contributed by atoms with Crippen LogP contribution in [-0.2, 0) is 4.79 Å². The van der Waals surface area contributed by atoms with E-state index in [1.54, 1.807) is 36.4 Å². The van der Waals surface area contributed by atoms with Gasteiger partial charge in [-0.05, 0) is 48.2 Å². The molecule has 0 aliphatic carbocycles. The molecular weight excluding hydrogens is 386 g/mol. The molecule has 2 aromatic carbocycles. The summed E-state index contributed by atoms with van der Waals surface area (Å²) in [5, 5.41) is 10.1. The maximum atomic E-state index is 12.6. The van der Waals surface area contributed by atoms with E-state index in [-0.39, 0.29) is 30.7 Å². The molecule has 0 radical (unpaired) electrons. The molecule has 1 aromatic heterocycles. The molecule has 7 heteroatoms. The molecule has 0 atom stereocenters. The van der Waals surface area contributed by atoms with Crippen molar-refractivity contribution in [2.75, 3.05) is 17.2 Å². The number of rotatable bonds is 7. The first-order chi connectivity index (χ1) is 14.0. The van der Waals surface area contributed by atoms with Crippen molar-refractivity contribution in [2.45, 2.75) is 13.3 Å². The molecule has 29 heavy (non-hydrogen) atoms. The summed E-state index contributed by atoms with van der Waals surface area (Å²) < 4.78 is 0. The van der Waals surface area contributed by atoms with Crippen LogP contribution in [0.25, 0.3) is 0 Å². The molecule has 6 nitrogen and oxygen atoms in total. The normalized spacial score (nSPS) is 10.2. The zero-order valence-electron chi connectivity index (χ0n) is 15.9. The van der Waals surface area contributed by atoms with Gasteiger partial charge in [-0.1, -0.05) is 30.3 Å². The summed E-state index contributed by atoms with van der Waals surface area (Å²) in [6, 6.07) is 17.8. The number of benzene rings is 2. The lowest BCUT2D eigenvalue weighted by atomic mass is 10.1. The molecular formula is C22H21N3O3S. The fourth-order valence-corrected chi connectivity index (χ4v) is 3.35. The van der Waals surface area contributed by atoms with Crippen molar-refractivity contribution in [3.63, 3.8) is 0 Å². The molecule has 0 saturated heterocycles. The molecule has 3 amide bonds. The highest BCUT2D eigenvalue weighted by Gasteiger charge is 2.14. The summed E-state index contributed by atoms with van der Waals surface area (Å²) >= 11 is 1.34. The SMILES string of the molecule is Cc1cccc(NC(=O)c2ccccc2NC(=O)CCNC(=O)c2cccs2)c1. The summed E-state index contributed by atoms with van der Waals surface area (Å²) in [7, 11) is 0.